The van der Waals surface area contributed by atoms with Gasteiger partial charge in [0.2, 0.25) is 0 Å². The molecule has 1 saturated heterocycles. The highest BCUT2D eigenvalue weighted by Gasteiger charge is 2.44. The Bertz CT molecular complexity index is 460. The van der Waals surface area contributed by atoms with Gasteiger partial charge in [-0.3, -0.25) is 4.79 Å². The molecule has 0 saturated carbocycles. The van der Waals surface area contributed by atoms with Gasteiger partial charge < -0.3 is 15.2 Å². The Morgan fingerprint density at radius 3 is 2.88 bits per heavy atom. The topological polar surface area (TPSA) is 61.6 Å². The normalized spacial score (nSPS) is 20.3. The van der Waals surface area contributed by atoms with Gasteiger partial charge >= 0.3 is 0 Å². The molecule has 90 valence electrons. The molecule has 2 aliphatic rings. The summed E-state index contributed by atoms with van der Waals surface area (Å²) >= 11 is 0. The van der Waals surface area contributed by atoms with Crippen LogP contribution in [0.5, 0.6) is 5.75 Å². The summed E-state index contributed by atoms with van der Waals surface area (Å²) in [4.78, 5) is 12.4. The zero-order valence-electron chi connectivity index (χ0n) is 9.57. The van der Waals surface area contributed by atoms with Gasteiger partial charge in [0.25, 0.3) is 0 Å². The molecule has 0 atom stereocenters. The van der Waals surface area contributed by atoms with Gasteiger partial charge in [-0.05, 0) is 23.8 Å². The fourth-order valence-electron chi connectivity index (χ4n) is 2.32. The Morgan fingerprint density at radius 1 is 1.41 bits per heavy atom. The number of benzene rings is 1. The molecule has 2 heterocycles. The maximum Gasteiger partial charge on any atom is 0.174 e. The van der Waals surface area contributed by atoms with Crippen molar-refractivity contribution in [2.75, 3.05) is 26.4 Å². The molecule has 0 unspecified atom stereocenters. The maximum absolute atomic E-state index is 12.4. The molecular weight excluding hydrogens is 218 g/mol. The van der Waals surface area contributed by atoms with Gasteiger partial charge in [-0.15, -0.1) is 0 Å². The standard InChI is InChI=1S/C13H15NO3/c14-6-13(7-16-8-13)12(15)10-1-2-11-9(5-10)3-4-17-11/h1-2,5H,3-4,6-8,14H2. The third-order valence-corrected chi connectivity index (χ3v) is 3.58. The molecule has 2 aliphatic heterocycles. The molecule has 17 heavy (non-hydrogen) atoms. The van der Waals surface area contributed by atoms with E-state index >= 15 is 0 Å². The summed E-state index contributed by atoms with van der Waals surface area (Å²) in [5, 5.41) is 0. The highest BCUT2D eigenvalue weighted by molar-refractivity contribution is 6.01. The third-order valence-electron chi connectivity index (χ3n) is 3.58. The van der Waals surface area contributed by atoms with Gasteiger partial charge in [-0.1, -0.05) is 0 Å². The number of fused-ring (bicyclic) bond motifs is 1. The van der Waals surface area contributed by atoms with Crippen molar-refractivity contribution in [1.29, 1.82) is 0 Å². The van der Waals surface area contributed by atoms with Crippen molar-refractivity contribution in [2.45, 2.75) is 6.42 Å². The number of hydrogen-bond acceptors (Lipinski definition) is 4. The lowest BCUT2D eigenvalue weighted by Crippen LogP contribution is -2.54. The molecule has 0 aliphatic carbocycles. The van der Waals surface area contributed by atoms with E-state index in [-0.39, 0.29) is 5.78 Å². The van der Waals surface area contributed by atoms with E-state index in [9.17, 15) is 4.79 Å². The predicted octanol–water partition coefficient (Wildman–Crippen LogP) is 0.779. The van der Waals surface area contributed by atoms with Crippen molar-refractivity contribution in [3.63, 3.8) is 0 Å². The van der Waals surface area contributed by atoms with E-state index in [1.807, 2.05) is 18.2 Å². The van der Waals surface area contributed by atoms with Crippen LogP contribution in [-0.2, 0) is 11.2 Å². The van der Waals surface area contributed by atoms with Crippen LogP contribution >= 0.6 is 0 Å². The second-order valence-electron chi connectivity index (χ2n) is 4.73. The molecule has 4 nitrogen and oxygen atoms in total. The minimum absolute atomic E-state index is 0.0981. The molecule has 1 aromatic carbocycles. The summed E-state index contributed by atoms with van der Waals surface area (Å²) in [5.41, 5.74) is 7.04. The van der Waals surface area contributed by atoms with Crippen LogP contribution in [0, 0.1) is 5.41 Å². The quantitative estimate of drug-likeness (QED) is 0.784. The van der Waals surface area contributed by atoms with E-state index in [0.29, 0.717) is 26.4 Å². The van der Waals surface area contributed by atoms with Crippen LogP contribution in [0.15, 0.2) is 18.2 Å². The van der Waals surface area contributed by atoms with E-state index in [2.05, 4.69) is 0 Å². The molecule has 0 bridgehead atoms. The molecule has 0 aromatic heterocycles. The SMILES string of the molecule is NCC1(C(=O)c2ccc3c(c2)CCO3)COC1. The van der Waals surface area contributed by atoms with E-state index < -0.39 is 5.41 Å². The summed E-state index contributed by atoms with van der Waals surface area (Å²) in [5.74, 6) is 0.995. The van der Waals surface area contributed by atoms with Crippen molar-refractivity contribution in [3.8, 4) is 5.75 Å². The smallest absolute Gasteiger partial charge is 0.174 e. The summed E-state index contributed by atoms with van der Waals surface area (Å²) in [6.45, 7) is 1.93. The summed E-state index contributed by atoms with van der Waals surface area (Å²) in [6.07, 6.45) is 0.878. The Balaban J connectivity index is 1.91. The van der Waals surface area contributed by atoms with E-state index in [0.717, 1.165) is 23.3 Å². The predicted molar refractivity (Wildman–Crippen MR) is 62.3 cm³/mol. The Hall–Kier alpha value is -1.39. The Morgan fingerprint density at radius 2 is 2.24 bits per heavy atom. The minimum Gasteiger partial charge on any atom is -0.493 e. The summed E-state index contributed by atoms with van der Waals surface area (Å²) in [7, 11) is 0. The van der Waals surface area contributed by atoms with Crippen molar-refractivity contribution >= 4 is 5.78 Å². The van der Waals surface area contributed by atoms with Crippen LogP contribution in [0.1, 0.15) is 15.9 Å². The first kappa shape index (κ1) is 10.7. The van der Waals surface area contributed by atoms with Gasteiger partial charge in [0, 0.05) is 18.5 Å². The summed E-state index contributed by atoms with van der Waals surface area (Å²) in [6, 6.07) is 5.63. The molecule has 1 aromatic rings. The van der Waals surface area contributed by atoms with Crippen molar-refractivity contribution in [3.05, 3.63) is 29.3 Å². The van der Waals surface area contributed by atoms with Crippen molar-refractivity contribution in [2.24, 2.45) is 11.1 Å². The van der Waals surface area contributed by atoms with Gasteiger partial charge in [-0.2, -0.15) is 0 Å². The highest BCUT2D eigenvalue weighted by atomic mass is 16.5. The largest absolute Gasteiger partial charge is 0.493 e. The molecule has 0 spiro atoms. The second-order valence-corrected chi connectivity index (χ2v) is 4.73. The van der Waals surface area contributed by atoms with Crippen LogP contribution in [0.25, 0.3) is 0 Å². The van der Waals surface area contributed by atoms with Gasteiger partial charge in [-0.25, -0.2) is 0 Å². The van der Waals surface area contributed by atoms with Gasteiger partial charge in [0.05, 0.1) is 25.2 Å². The number of hydrogen-bond donors (Lipinski definition) is 1. The monoisotopic (exact) mass is 233 g/mol. The molecule has 2 N–H and O–H groups in total. The average molecular weight is 233 g/mol. The Kier molecular flexibility index (Phi) is 2.42. The summed E-state index contributed by atoms with van der Waals surface area (Å²) < 4.78 is 10.6. The van der Waals surface area contributed by atoms with Crippen LogP contribution in [0.4, 0.5) is 0 Å². The first-order chi connectivity index (χ1) is 8.25. The molecule has 3 rings (SSSR count). The fraction of sp³-hybridized carbons (Fsp3) is 0.462. The first-order valence-corrected chi connectivity index (χ1v) is 5.83. The van der Waals surface area contributed by atoms with Crippen LogP contribution in [0.2, 0.25) is 0 Å². The number of carbonyl (C=O) groups excluding carboxylic acids is 1. The van der Waals surface area contributed by atoms with E-state index in [1.54, 1.807) is 0 Å². The van der Waals surface area contributed by atoms with Crippen molar-refractivity contribution in [1.82, 2.24) is 0 Å². The number of carbonyl (C=O) groups is 1. The molecule has 4 heteroatoms. The molecular formula is C13H15NO3. The first-order valence-electron chi connectivity index (χ1n) is 5.83. The van der Waals surface area contributed by atoms with Crippen LogP contribution in [0.3, 0.4) is 0 Å². The Labute approximate surface area is 99.7 Å². The molecule has 0 radical (unpaired) electrons. The van der Waals surface area contributed by atoms with E-state index in [1.165, 1.54) is 0 Å². The lowest BCUT2D eigenvalue weighted by molar-refractivity contribution is -0.0816. The number of ether oxygens (including phenoxy) is 2. The van der Waals surface area contributed by atoms with Gasteiger partial charge in [0.15, 0.2) is 5.78 Å². The minimum atomic E-state index is -0.492. The zero-order valence-corrected chi connectivity index (χ0v) is 9.57. The second kappa shape index (κ2) is 3.82. The average Bonchev–Trinajstić information content (AvgIpc) is 2.74. The van der Waals surface area contributed by atoms with Crippen LogP contribution < -0.4 is 10.5 Å². The van der Waals surface area contributed by atoms with Crippen molar-refractivity contribution < 1.29 is 14.3 Å². The number of Topliss-reactive ketones (excluding diaryl/α,β-unsaturated/α-hetero) is 1. The molecule has 1 fully saturated rings. The van der Waals surface area contributed by atoms with Crippen LogP contribution in [-0.4, -0.2) is 32.1 Å². The molecule has 0 amide bonds. The number of ketones is 1. The maximum atomic E-state index is 12.4. The zero-order chi connectivity index (χ0) is 11.9. The number of rotatable bonds is 3. The van der Waals surface area contributed by atoms with E-state index in [4.69, 9.17) is 15.2 Å². The third kappa shape index (κ3) is 1.56. The lowest BCUT2D eigenvalue weighted by atomic mass is 9.78. The lowest BCUT2D eigenvalue weighted by Gasteiger charge is -2.38. The van der Waals surface area contributed by atoms with Gasteiger partial charge in [0.1, 0.15) is 5.75 Å². The fourth-order valence-corrected chi connectivity index (χ4v) is 2.32. The number of nitrogens with two attached hydrogens (primary N) is 1. The highest BCUT2D eigenvalue weighted by Crippen LogP contribution is 2.33.